The molecule has 0 radical (unpaired) electrons. The highest BCUT2D eigenvalue weighted by Gasteiger charge is 2.05. The van der Waals surface area contributed by atoms with Crippen molar-refractivity contribution in [1.29, 1.82) is 0 Å². The molecule has 0 amide bonds. The molecule has 104 valence electrons. The third-order valence-electron chi connectivity index (χ3n) is 2.37. The van der Waals surface area contributed by atoms with E-state index < -0.39 is 10.1 Å². The molecule has 2 aromatic rings. The Morgan fingerprint density at radius 1 is 1.26 bits per heavy atom. The molecule has 1 aromatic carbocycles. The molecular formula is C13H18N2O3S. The first-order chi connectivity index (χ1) is 9.04. The molecule has 0 aliphatic heterocycles. The van der Waals surface area contributed by atoms with E-state index in [-0.39, 0.29) is 4.90 Å². The highest BCUT2D eigenvalue weighted by Crippen LogP contribution is 2.05. The van der Waals surface area contributed by atoms with Crippen LogP contribution in [0.25, 0.3) is 0 Å². The van der Waals surface area contributed by atoms with Crippen LogP contribution in [0.2, 0.25) is 0 Å². The van der Waals surface area contributed by atoms with E-state index in [1.54, 1.807) is 18.2 Å². The van der Waals surface area contributed by atoms with Gasteiger partial charge in [-0.15, -0.1) is 0 Å². The number of rotatable bonds is 4. The van der Waals surface area contributed by atoms with Gasteiger partial charge in [-0.25, -0.2) is 4.98 Å². The molecule has 19 heavy (non-hydrogen) atoms. The molecule has 0 aliphatic rings. The lowest BCUT2D eigenvalue weighted by atomic mass is 10.3. The standard InChI is InChI=1S/C7H12N2.C6H6O3S/c1-2-3-5-9-6-4-8-7-9;7-10(8,9)6-4-2-1-3-5-6/h4,6-7H,2-3,5H2,1H3;1-5H,(H,7,8,9). The molecular weight excluding hydrogens is 264 g/mol. The van der Waals surface area contributed by atoms with Gasteiger partial charge in [0.05, 0.1) is 11.2 Å². The molecule has 1 aromatic heterocycles. The molecule has 0 unspecified atom stereocenters. The average Bonchev–Trinajstić information content (AvgIpc) is 2.90. The Morgan fingerprint density at radius 2 is 1.95 bits per heavy atom. The lowest BCUT2D eigenvalue weighted by Gasteiger charge is -1.96. The molecule has 1 N–H and O–H groups in total. The Hall–Kier alpha value is -1.66. The van der Waals surface area contributed by atoms with E-state index in [4.69, 9.17) is 4.55 Å². The maximum Gasteiger partial charge on any atom is 0.294 e. The first kappa shape index (κ1) is 15.4. The van der Waals surface area contributed by atoms with E-state index >= 15 is 0 Å². The topological polar surface area (TPSA) is 72.2 Å². The van der Waals surface area contributed by atoms with E-state index in [1.165, 1.54) is 25.0 Å². The molecule has 0 fully saturated rings. The van der Waals surface area contributed by atoms with Crippen molar-refractivity contribution < 1.29 is 13.0 Å². The molecule has 0 saturated carbocycles. The van der Waals surface area contributed by atoms with Gasteiger partial charge in [0.15, 0.2) is 0 Å². The zero-order chi connectivity index (χ0) is 14.1. The summed E-state index contributed by atoms with van der Waals surface area (Å²) in [4.78, 5) is 3.86. The summed E-state index contributed by atoms with van der Waals surface area (Å²) in [5.41, 5.74) is 0. The lowest BCUT2D eigenvalue weighted by Crippen LogP contribution is -1.96. The predicted octanol–water partition coefficient (Wildman–Crippen LogP) is 2.62. The van der Waals surface area contributed by atoms with E-state index in [2.05, 4.69) is 16.5 Å². The minimum absolute atomic E-state index is 0.0741. The van der Waals surface area contributed by atoms with Crippen LogP contribution in [0.5, 0.6) is 0 Å². The molecule has 0 spiro atoms. The second kappa shape index (κ2) is 7.70. The number of aromatic nitrogens is 2. The second-order valence-corrected chi connectivity index (χ2v) is 5.36. The summed E-state index contributed by atoms with van der Waals surface area (Å²) in [7, 11) is -4.00. The van der Waals surface area contributed by atoms with Gasteiger partial charge >= 0.3 is 0 Å². The summed E-state index contributed by atoms with van der Waals surface area (Å²) in [5, 5.41) is 0. The van der Waals surface area contributed by atoms with Crippen molar-refractivity contribution in [1.82, 2.24) is 9.55 Å². The van der Waals surface area contributed by atoms with Crippen molar-refractivity contribution in [2.45, 2.75) is 31.2 Å². The minimum Gasteiger partial charge on any atom is -0.337 e. The van der Waals surface area contributed by atoms with Gasteiger partial charge < -0.3 is 4.57 Å². The van der Waals surface area contributed by atoms with Crippen molar-refractivity contribution in [3.63, 3.8) is 0 Å². The minimum atomic E-state index is -4.00. The summed E-state index contributed by atoms with van der Waals surface area (Å²) in [5.74, 6) is 0. The first-order valence-corrected chi connectivity index (χ1v) is 7.46. The van der Waals surface area contributed by atoms with Crippen LogP contribution in [0.15, 0.2) is 53.9 Å². The van der Waals surface area contributed by atoms with Crippen molar-refractivity contribution >= 4 is 10.1 Å². The highest BCUT2D eigenvalue weighted by molar-refractivity contribution is 7.85. The van der Waals surface area contributed by atoms with Crippen molar-refractivity contribution in [2.75, 3.05) is 0 Å². The van der Waals surface area contributed by atoms with Gasteiger partial charge in [-0.3, -0.25) is 4.55 Å². The van der Waals surface area contributed by atoms with E-state index in [1.807, 2.05) is 18.7 Å². The zero-order valence-electron chi connectivity index (χ0n) is 10.8. The van der Waals surface area contributed by atoms with Crippen LogP contribution < -0.4 is 0 Å². The fraction of sp³-hybridized carbons (Fsp3) is 0.308. The van der Waals surface area contributed by atoms with Gasteiger partial charge in [0.25, 0.3) is 10.1 Å². The fourth-order valence-electron chi connectivity index (χ4n) is 1.35. The van der Waals surface area contributed by atoms with Crippen LogP contribution in [-0.4, -0.2) is 22.5 Å². The van der Waals surface area contributed by atoms with Crippen LogP contribution in [-0.2, 0) is 16.7 Å². The number of hydrogen-bond acceptors (Lipinski definition) is 3. The molecule has 0 bridgehead atoms. The van der Waals surface area contributed by atoms with Gasteiger partial charge in [-0.1, -0.05) is 31.5 Å². The summed E-state index contributed by atoms with van der Waals surface area (Å²) >= 11 is 0. The molecule has 0 saturated heterocycles. The Labute approximate surface area is 113 Å². The number of hydrogen-bond donors (Lipinski definition) is 1. The van der Waals surface area contributed by atoms with Crippen molar-refractivity contribution in [2.24, 2.45) is 0 Å². The molecule has 6 heteroatoms. The van der Waals surface area contributed by atoms with Gasteiger partial charge in [0, 0.05) is 18.9 Å². The largest absolute Gasteiger partial charge is 0.337 e. The first-order valence-electron chi connectivity index (χ1n) is 6.02. The highest BCUT2D eigenvalue weighted by atomic mass is 32.2. The quantitative estimate of drug-likeness (QED) is 0.875. The molecule has 0 atom stereocenters. The Bertz CT molecular complexity index is 551. The average molecular weight is 282 g/mol. The van der Waals surface area contributed by atoms with E-state index in [0.29, 0.717) is 0 Å². The van der Waals surface area contributed by atoms with Crippen LogP contribution >= 0.6 is 0 Å². The molecule has 0 aliphatic carbocycles. The van der Waals surface area contributed by atoms with Crippen LogP contribution in [0.3, 0.4) is 0 Å². The predicted molar refractivity (Wildman–Crippen MR) is 73.4 cm³/mol. The van der Waals surface area contributed by atoms with Crippen LogP contribution in [0, 0.1) is 0 Å². The molecule has 5 nitrogen and oxygen atoms in total. The van der Waals surface area contributed by atoms with Gasteiger partial charge in [-0.05, 0) is 18.6 Å². The van der Waals surface area contributed by atoms with Gasteiger partial charge in [0.2, 0.25) is 0 Å². The van der Waals surface area contributed by atoms with E-state index in [9.17, 15) is 8.42 Å². The van der Waals surface area contributed by atoms with Gasteiger partial charge in [0.1, 0.15) is 0 Å². The number of nitrogens with zero attached hydrogens (tertiary/aromatic N) is 2. The smallest absolute Gasteiger partial charge is 0.294 e. The van der Waals surface area contributed by atoms with Crippen LogP contribution in [0.4, 0.5) is 0 Å². The Balaban J connectivity index is 0.000000191. The number of imidazole rings is 1. The van der Waals surface area contributed by atoms with Crippen LogP contribution in [0.1, 0.15) is 19.8 Å². The second-order valence-electron chi connectivity index (χ2n) is 3.94. The van der Waals surface area contributed by atoms with E-state index in [0.717, 1.165) is 6.54 Å². The van der Waals surface area contributed by atoms with Crippen molar-refractivity contribution in [3.05, 3.63) is 49.1 Å². The SMILES string of the molecule is CCCCn1ccnc1.O=S(=O)(O)c1ccccc1. The molecule has 2 rings (SSSR count). The van der Waals surface area contributed by atoms with Gasteiger partial charge in [-0.2, -0.15) is 8.42 Å². The zero-order valence-corrected chi connectivity index (χ0v) is 11.6. The summed E-state index contributed by atoms with van der Waals surface area (Å²) in [6.45, 7) is 3.30. The third-order valence-corrected chi connectivity index (χ3v) is 3.24. The Morgan fingerprint density at radius 3 is 2.37 bits per heavy atom. The maximum atomic E-state index is 10.4. The van der Waals surface area contributed by atoms with Crippen molar-refractivity contribution in [3.8, 4) is 0 Å². The number of benzene rings is 1. The number of aryl methyl sites for hydroxylation is 1. The summed E-state index contributed by atoms with van der Waals surface area (Å²) in [6.07, 6.45) is 8.16. The normalized spacial score (nSPS) is 10.6. The maximum absolute atomic E-state index is 10.4. The monoisotopic (exact) mass is 282 g/mol. The third kappa shape index (κ3) is 6.17. The number of unbranched alkanes of at least 4 members (excludes halogenated alkanes) is 1. The summed E-state index contributed by atoms with van der Waals surface area (Å²) in [6, 6.07) is 7.42. The Kier molecular flexibility index (Phi) is 6.24. The summed E-state index contributed by atoms with van der Waals surface area (Å²) < 4.78 is 31.3. The lowest BCUT2D eigenvalue weighted by molar-refractivity contribution is 0.483. The molecule has 1 heterocycles. The fourth-order valence-corrected chi connectivity index (χ4v) is 1.85.